The molecule has 0 aliphatic carbocycles. The Labute approximate surface area is 151 Å². The minimum absolute atomic E-state index is 0. The highest BCUT2D eigenvalue weighted by Crippen LogP contribution is 2.10. The zero-order chi connectivity index (χ0) is 15.1. The normalized spacial score (nSPS) is 16.6. The number of rotatable bonds is 6. The summed E-state index contributed by atoms with van der Waals surface area (Å²) < 4.78 is 0. The molecule has 0 bridgehead atoms. The largest absolute Gasteiger partial charge is 0.352 e. The summed E-state index contributed by atoms with van der Waals surface area (Å²) in [6, 6.07) is 9.68. The molecule has 1 saturated heterocycles. The third-order valence-corrected chi connectivity index (χ3v) is 3.96. The monoisotopic (exact) mass is 359 g/mol. The van der Waals surface area contributed by atoms with E-state index in [2.05, 4.69) is 16.8 Å². The van der Waals surface area contributed by atoms with Crippen molar-refractivity contribution in [1.82, 2.24) is 10.2 Å². The topological polar surface area (TPSA) is 58.4 Å². The van der Waals surface area contributed by atoms with Crippen LogP contribution in [0.4, 0.5) is 0 Å². The lowest BCUT2D eigenvalue weighted by Crippen LogP contribution is -2.50. The van der Waals surface area contributed by atoms with Gasteiger partial charge in [-0.05, 0) is 24.8 Å². The summed E-state index contributed by atoms with van der Waals surface area (Å²) in [4.78, 5) is 14.5. The zero-order valence-electron chi connectivity index (χ0n) is 13.3. The lowest BCUT2D eigenvalue weighted by Gasteiger charge is -2.32. The molecule has 1 aromatic carbocycles. The number of amides is 1. The maximum atomic E-state index is 12.2. The summed E-state index contributed by atoms with van der Waals surface area (Å²) in [7, 11) is 0. The molecular formula is C17H27Cl2N3O. The Hall–Kier alpha value is -1.07. The average Bonchev–Trinajstić information content (AvgIpc) is 2.50. The summed E-state index contributed by atoms with van der Waals surface area (Å²) in [6.45, 7) is 6.69. The maximum absolute atomic E-state index is 12.2. The van der Waals surface area contributed by atoms with Crippen molar-refractivity contribution in [2.24, 2.45) is 5.73 Å². The van der Waals surface area contributed by atoms with Gasteiger partial charge in [-0.15, -0.1) is 31.4 Å². The predicted octanol–water partition coefficient (Wildman–Crippen LogP) is 2.17. The first kappa shape index (κ1) is 21.9. The fourth-order valence-electron chi connectivity index (χ4n) is 2.71. The van der Waals surface area contributed by atoms with Crippen molar-refractivity contribution in [3.05, 3.63) is 48.6 Å². The van der Waals surface area contributed by atoms with Crippen LogP contribution in [0.25, 0.3) is 0 Å². The molecule has 0 saturated carbocycles. The van der Waals surface area contributed by atoms with Crippen LogP contribution in [0.15, 0.2) is 43.0 Å². The standard InChI is InChI=1S/C17H25N3O.2ClH/c1-2-10-20-11-8-15(9-12-20)19-17(21)16(18)13-14-6-4-3-5-7-14;;/h2-7,15-16H,1,8-13,18H2,(H,19,21);2*1H. The second kappa shape index (κ2) is 11.5. The van der Waals surface area contributed by atoms with Crippen LogP contribution in [-0.4, -0.2) is 42.5 Å². The number of carbonyl (C=O) groups is 1. The van der Waals surface area contributed by atoms with Crippen LogP contribution in [0, 0.1) is 0 Å². The number of halogens is 2. The molecular weight excluding hydrogens is 333 g/mol. The Kier molecular flexibility index (Phi) is 10.9. The molecule has 1 unspecified atom stereocenters. The summed E-state index contributed by atoms with van der Waals surface area (Å²) in [6.07, 6.45) is 4.48. The summed E-state index contributed by atoms with van der Waals surface area (Å²) >= 11 is 0. The van der Waals surface area contributed by atoms with Gasteiger partial charge >= 0.3 is 0 Å². The van der Waals surface area contributed by atoms with Gasteiger partial charge < -0.3 is 11.1 Å². The van der Waals surface area contributed by atoms with Gasteiger partial charge in [-0.2, -0.15) is 0 Å². The molecule has 1 aliphatic heterocycles. The molecule has 0 radical (unpaired) electrons. The third kappa shape index (κ3) is 7.36. The van der Waals surface area contributed by atoms with Crippen LogP contribution in [0.5, 0.6) is 0 Å². The smallest absolute Gasteiger partial charge is 0.237 e. The van der Waals surface area contributed by atoms with Gasteiger partial charge in [0.2, 0.25) is 5.91 Å². The minimum atomic E-state index is -0.474. The fourth-order valence-corrected chi connectivity index (χ4v) is 2.71. The van der Waals surface area contributed by atoms with Crippen molar-refractivity contribution >= 4 is 30.7 Å². The van der Waals surface area contributed by atoms with E-state index < -0.39 is 6.04 Å². The van der Waals surface area contributed by atoms with Crippen LogP contribution < -0.4 is 11.1 Å². The van der Waals surface area contributed by atoms with Gasteiger partial charge in [-0.25, -0.2) is 0 Å². The molecule has 4 nitrogen and oxygen atoms in total. The quantitative estimate of drug-likeness (QED) is 0.765. The second-order valence-corrected chi connectivity index (χ2v) is 5.67. The first-order valence-corrected chi connectivity index (χ1v) is 7.62. The molecule has 3 N–H and O–H groups in total. The third-order valence-electron chi connectivity index (χ3n) is 3.96. The Bertz CT molecular complexity index is 462. The number of nitrogens with two attached hydrogens (primary N) is 1. The van der Waals surface area contributed by atoms with E-state index in [-0.39, 0.29) is 36.8 Å². The highest BCUT2D eigenvalue weighted by molar-refractivity contribution is 5.85. The van der Waals surface area contributed by atoms with Crippen molar-refractivity contribution in [2.45, 2.75) is 31.3 Å². The number of nitrogens with one attached hydrogen (secondary N) is 1. The first-order chi connectivity index (χ1) is 10.2. The number of benzene rings is 1. The van der Waals surface area contributed by atoms with Crippen LogP contribution in [0.1, 0.15) is 18.4 Å². The molecule has 1 aromatic rings. The van der Waals surface area contributed by atoms with E-state index in [1.165, 1.54) is 0 Å². The van der Waals surface area contributed by atoms with Crippen molar-refractivity contribution in [3.63, 3.8) is 0 Å². The van der Waals surface area contributed by atoms with Crippen LogP contribution >= 0.6 is 24.8 Å². The number of likely N-dealkylation sites (tertiary alicyclic amines) is 1. The van der Waals surface area contributed by atoms with E-state index in [1.54, 1.807) is 0 Å². The molecule has 1 atom stereocenters. The molecule has 1 heterocycles. The number of carbonyl (C=O) groups excluding carboxylic acids is 1. The molecule has 23 heavy (non-hydrogen) atoms. The molecule has 0 aromatic heterocycles. The van der Waals surface area contributed by atoms with E-state index >= 15 is 0 Å². The second-order valence-electron chi connectivity index (χ2n) is 5.67. The van der Waals surface area contributed by atoms with Gasteiger partial charge in [0.05, 0.1) is 6.04 Å². The summed E-state index contributed by atoms with van der Waals surface area (Å²) in [5.74, 6) is -0.0407. The lowest BCUT2D eigenvalue weighted by molar-refractivity contribution is -0.123. The molecule has 0 spiro atoms. The van der Waals surface area contributed by atoms with Gasteiger partial charge in [0.15, 0.2) is 0 Å². The molecule has 1 amide bonds. The van der Waals surface area contributed by atoms with E-state index in [1.807, 2.05) is 36.4 Å². The summed E-state index contributed by atoms with van der Waals surface area (Å²) in [5.41, 5.74) is 7.10. The van der Waals surface area contributed by atoms with Crippen LogP contribution in [-0.2, 0) is 11.2 Å². The fraction of sp³-hybridized carbons (Fsp3) is 0.471. The van der Waals surface area contributed by atoms with Gasteiger partial charge in [-0.1, -0.05) is 36.4 Å². The SMILES string of the molecule is C=CCN1CCC(NC(=O)C(N)Cc2ccccc2)CC1.Cl.Cl. The Morgan fingerprint density at radius 2 is 1.91 bits per heavy atom. The number of piperidine rings is 1. The van der Waals surface area contributed by atoms with E-state index in [0.717, 1.165) is 38.0 Å². The average molecular weight is 360 g/mol. The van der Waals surface area contributed by atoms with E-state index in [9.17, 15) is 4.79 Å². The van der Waals surface area contributed by atoms with E-state index in [0.29, 0.717) is 6.42 Å². The zero-order valence-corrected chi connectivity index (χ0v) is 15.0. The number of hydrogen-bond acceptors (Lipinski definition) is 3. The van der Waals surface area contributed by atoms with Crippen LogP contribution in [0.3, 0.4) is 0 Å². The Morgan fingerprint density at radius 3 is 2.48 bits per heavy atom. The van der Waals surface area contributed by atoms with Gasteiger partial charge in [-0.3, -0.25) is 9.69 Å². The highest BCUT2D eigenvalue weighted by Gasteiger charge is 2.22. The van der Waals surface area contributed by atoms with E-state index in [4.69, 9.17) is 5.73 Å². The Morgan fingerprint density at radius 1 is 1.30 bits per heavy atom. The molecule has 1 fully saturated rings. The minimum Gasteiger partial charge on any atom is -0.352 e. The molecule has 1 aliphatic rings. The predicted molar refractivity (Wildman–Crippen MR) is 100 cm³/mol. The van der Waals surface area contributed by atoms with Crippen molar-refractivity contribution in [1.29, 1.82) is 0 Å². The Balaban J connectivity index is 0.00000242. The van der Waals surface area contributed by atoms with Crippen molar-refractivity contribution in [3.8, 4) is 0 Å². The number of hydrogen-bond donors (Lipinski definition) is 2. The molecule has 6 heteroatoms. The maximum Gasteiger partial charge on any atom is 0.237 e. The number of nitrogens with zero attached hydrogens (tertiary/aromatic N) is 1. The summed E-state index contributed by atoms with van der Waals surface area (Å²) in [5, 5.41) is 3.09. The highest BCUT2D eigenvalue weighted by atomic mass is 35.5. The van der Waals surface area contributed by atoms with Crippen molar-refractivity contribution < 1.29 is 4.79 Å². The van der Waals surface area contributed by atoms with Crippen LogP contribution in [0.2, 0.25) is 0 Å². The molecule has 130 valence electrons. The molecule has 2 rings (SSSR count). The first-order valence-electron chi connectivity index (χ1n) is 7.62. The van der Waals surface area contributed by atoms with Gasteiger partial charge in [0.1, 0.15) is 0 Å². The van der Waals surface area contributed by atoms with Gasteiger partial charge in [0.25, 0.3) is 0 Å². The lowest BCUT2D eigenvalue weighted by atomic mass is 10.0. The van der Waals surface area contributed by atoms with Gasteiger partial charge in [0, 0.05) is 25.7 Å². The van der Waals surface area contributed by atoms with Crippen molar-refractivity contribution in [2.75, 3.05) is 19.6 Å².